The van der Waals surface area contributed by atoms with E-state index in [9.17, 15) is 0 Å². The van der Waals surface area contributed by atoms with Crippen molar-refractivity contribution in [2.75, 3.05) is 52.2 Å². The van der Waals surface area contributed by atoms with Gasteiger partial charge in [-0.05, 0) is 6.92 Å². The number of anilines is 1. The van der Waals surface area contributed by atoms with E-state index >= 15 is 0 Å². The molecule has 3 N–H and O–H groups in total. The first kappa shape index (κ1) is 16.6. The second-order valence-corrected chi connectivity index (χ2v) is 3.86. The Hall–Kier alpha value is -1.48. The fraction of sp³-hybridized carbons (Fsp3) is 0.667. The van der Waals surface area contributed by atoms with E-state index in [1.54, 1.807) is 7.11 Å². The Labute approximate surface area is 118 Å². The number of rotatable bonds is 11. The highest BCUT2D eigenvalue weighted by Gasteiger charge is 2.06. The van der Waals surface area contributed by atoms with Crippen molar-refractivity contribution in [1.29, 1.82) is 0 Å². The molecular formula is C12H22N4O4. The molecule has 0 amide bonds. The zero-order valence-corrected chi connectivity index (χ0v) is 11.9. The van der Waals surface area contributed by atoms with Crippen LogP contribution in [-0.4, -0.2) is 56.7 Å². The van der Waals surface area contributed by atoms with Crippen molar-refractivity contribution in [3.63, 3.8) is 0 Å². The Bertz CT molecular complexity index is 378. The third-order valence-electron chi connectivity index (χ3n) is 2.44. The Kier molecular flexibility index (Phi) is 8.56. The molecule has 8 heteroatoms. The van der Waals surface area contributed by atoms with Gasteiger partial charge in [-0.25, -0.2) is 15.8 Å². The molecule has 1 rings (SSSR count). The molecule has 20 heavy (non-hydrogen) atoms. The van der Waals surface area contributed by atoms with Gasteiger partial charge in [-0.15, -0.1) is 0 Å². The fourth-order valence-electron chi connectivity index (χ4n) is 1.39. The van der Waals surface area contributed by atoms with Gasteiger partial charge in [0.15, 0.2) is 0 Å². The lowest BCUT2D eigenvalue weighted by molar-refractivity contribution is 0.0176. The number of ether oxygens (including phenoxy) is 4. The molecule has 0 atom stereocenters. The molecule has 1 aromatic heterocycles. The molecule has 114 valence electrons. The van der Waals surface area contributed by atoms with Gasteiger partial charge in [0.1, 0.15) is 18.8 Å². The summed E-state index contributed by atoms with van der Waals surface area (Å²) in [6.07, 6.45) is 1.39. The lowest BCUT2D eigenvalue weighted by atomic mass is 10.3. The number of hydrogen-bond acceptors (Lipinski definition) is 8. The minimum Gasteiger partial charge on any atom is -0.475 e. The van der Waals surface area contributed by atoms with Crippen molar-refractivity contribution in [1.82, 2.24) is 9.97 Å². The van der Waals surface area contributed by atoms with Gasteiger partial charge in [0.25, 0.3) is 0 Å². The second-order valence-electron chi connectivity index (χ2n) is 3.86. The summed E-state index contributed by atoms with van der Waals surface area (Å²) in [5.41, 5.74) is 3.24. The van der Waals surface area contributed by atoms with Crippen molar-refractivity contribution in [2.45, 2.75) is 6.92 Å². The zero-order valence-electron chi connectivity index (χ0n) is 11.9. The summed E-state index contributed by atoms with van der Waals surface area (Å²) in [4.78, 5) is 8.00. The average molecular weight is 286 g/mol. The number of nitrogens with two attached hydrogens (primary N) is 1. The number of methoxy groups -OCH3 is 1. The third kappa shape index (κ3) is 6.11. The molecule has 1 heterocycles. The minimum absolute atomic E-state index is 0.403. The van der Waals surface area contributed by atoms with Crippen molar-refractivity contribution >= 4 is 5.82 Å². The Morgan fingerprint density at radius 2 is 1.70 bits per heavy atom. The minimum atomic E-state index is 0.403. The normalized spacial score (nSPS) is 10.6. The van der Waals surface area contributed by atoms with E-state index in [1.807, 2.05) is 6.92 Å². The third-order valence-corrected chi connectivity index (χ3v) is 2.44. The van der Waals surface area contributed by atoms with Crippen LogP contribution in [0, 0.1) is 6.92 Å². The number of hydrazine groups is 1. The molecule has 0 spiro atoms. The molecule has 0 saturated heterocycles. The Morgan fingerprint density at radius 1 is 1.05 bits per heavy atom. The Morgan fingerprint density at radius 3 is 2.35 bits per heavy atom. The maximum Gasteiger partial charge on any atom is 0.221 e. The van der Waals surface area contributed by atoms with E-state index in [4.69, 9.17) is 24.8 Å². The second kappa shape index (κ2) is 10.3. The predicted molar refractivity (Wildman–Crippen MR) is 73.6 cm³/mol. The van der Waals surface area contributed by atoms with Gasteiger partial charge >= 0.3 is 0 Å². The van der Waals surface area contributed by atoms with Gasteiger partial charge in [-0.3, -0.25) is 0 Å². The summed E-state index contributed by atoms with van der Waals surface area (Å²) in [5, 5.41) is 0. The number of nitrogens with zero attached hydrogens (tertiary/aromatic N) is 2. The van der Waals surface area contributed by atoms with Crippen molar-refractivity contribution in [2.24, 2.45) is 5.84 Å². The first-order chi connectivity index (χ1) is 9.79. The lowest BCUT2D eigenvalue weighted by Crippen LogP contribution is -2.14. The topological polar surface area (TPSA) is 101 Å². The number of nitrogen functional groups attached to an aromatic ring is 1. The largest absolute Gasteiger partial charge is 0.475 e. The number of hydrogen-bond donors (Lipinski definition) is 2. The summed E-state index contributed by atoms with van der Waals surface area (Å²) >= 11 is 0. The Balaban J connectivity index is 2.09. The summed E-state index contributed by atoms with van der Waals surface area (Å²) in [7, 11) is 1.64. The van der Waals surface area contributed by atoms with Crippen LogP contribution in [0.4, 0.5) is 5.82 Å². The SMILES string of the molecule is COCCOCCOCCOc1ncnc(NN)c1C. The molecule has 0 bridgehead atoms. The quantitative estimate of drug-likeness (QED) is 0.336. The van der Waals surface area contributed by atoms with Crippen molar-refractivity contribution in [3.8, 4) is 5.88 Å². The van der Waals surface area contributed by atoms with Crippen molar-refractivity contribution < 1.29 is 18.9 Å². The summed E-state index contributed by atoms with van der Waals surface area (Å²) < 4.78 is 21.0. The lowest BCUT2D eigenvalue weighted by Gasteiger charge is -2.10. The maximum absolute atomic E-state index is 5.49. The smallest absolute Gasteiger partial charge is 0.221 e. The fourth-order valence-corrected chi connectivity index (χ4v) is 1.39. The molecule has 0 aliphatic carbocycles. The van der Waals surface area contributed by atoms with Gasteiger partial charge in [0, 0.05) is 7.11 Å². The van der Waals surface area contributed by atoms with E-state index in [0.717, 1.165) is 5.56 Å². The zero-order chi connectivity index (χ0) is 14.6. The highest BCUT2D eigenvalue weighted by atomic mass is 16.6. The molecule has 0 radical (unpaired) electrons. The van der Waals surface area contributed by atoms with Gasteiger partial charge in [0.05, 0.1) is 38.6 Å². The molecule has 0 aliphatic heterocycles. The van der Waals surface area contributed by atoms with Crippen LogP contribution < -0.4 is 16.0 Å². The van der Waals surface area contributed by atoms with Gasteiger partial charge in [0.2, 0.25) is 5.88 Å². The van der Waals surface area contributed by atoms with Gasteiger partial charge in [-0.1, -0.05) is 0 Å². The standard InChI is InChI=1S/C12H22N4O4/c1-10-11(16-13)14-9-15-12(10)20-8-7-19-6-5-18-4-3-17-2/h9H,3-8,13H2,1-2H3,(H,14,15,16). The van der Waals surface area contributed by atoms with Crippen molar-refractivity contribution in [3.05, 3.63) is 11.9 Å². The van der Waals surface area contributed by atoms with E-state index in [2.05, 4.69) is 15.4 Å². The molecule has 8 nitrogen and oxygen atoms in total. The molecule has 0 saturated carbocycles. The number of nitrogens with one attached hydrogen (secondary N) is 1. The molecular weight excluding hydrogens is 264 g/mol. The monoisotopic (exact) mass is 286 g/mol. The van der Waals surface area contributed by atoms with E-state index in [1.165, 1.54) is 6.33 Å². The van der Waals surface area contributed by atoms with Gasteiger partial charge < -0.3 is 24.4 Å². The molecule has 1 aromatic rings. The first-order valence-electron chi connectivity index (χ1n) is 6.35. The van der Waals surface area contributed by atoms with Crippen LogP contribution in [0.15, 0.2) is 6.33 Å². The van der Waals surface area contributed by atoms with Crippen LogP contribution in [0.25, 0.3) is 0 Å². The summed E-state index contributed by atoms with van der Waals surface area (Å²) in [6, 6.07) is 0. The van der Waals surface area contributed by atoms with Crippen LogP contribution >= 0.6 is 0 Å². The molecule has 0 aromatic carbocycles. The van der Waals surface area contributed by atoms with Crippen LogP contribution in [0.3, 0.4) is 0 Å². The van der Waals surface area contributed by atoms with Crippen LogP contribution in [0.2, 0.25) is 0 Å². The predicted octanol–water partition coefficient (Wildman–Crippen LogP) is 0.129. The van der Waals surface area contributed by atoms with E-state index < -0.39 is 0 Å². The van der Waals surface area contributed by atoms with E-state index in [0.29, 0.717) is 51.3 Å². The highest BCUT2D eigenvalue weighted by Crippen LogP contribution is 2.18. The van der Waals surface area contributed by atoms with Crippen LogP contribution in [0.1, 0.15) is 5.56 Å². The highest BCUT2D eigenvalue weighted by molar-refractivity contribution is 5.46. The van der Waals surface area contributed by atoms with Crippen LogP contribution in [0.5, 0.6) is 5.88 Å². The number of aromatic nitrogens is 2. The average Bonchev–Trinajstić information content (AvgIpc) is 2.47. The molecule has 0 aliphatic rings. The molecule has 0 unspecified atom stereocenters. The summed E-state index contributed by atoms with van der Waals surface area (Å²) in [5.74, 6) is 6.36. The maximum atomic E-state index is 5.49. The molecule has 0 fully saturated rings. The van der Waals surface area contributed by atoms with E-state index in [-0.39, 0.29) is 0 Å². The van der Waals surface area contributed by atoms with Gasteiger partial charge in [-0.2, -0.15) is 0 Å². The van der Waals surface area contributed by atoms with Crippen LogP contribution in [-0.2, 0) is 14.2 Å². The first-order valence-corrected chi connectivity index (χ1v) is 6.35. The summed E-state index contributed by atoms with van der Waals surface area (Å²) in [6.45, 7) is 4.92.